The predicted molar refractivity (Wildman–Crippen MR) is 106 cm³/mol. The molecule has 0 saturated heterocycles. The number of hydrogen-bond donors (Lipinski definition) is 2. The molecule has 3 rings (SSSR count). The monoisotopic (exact) mass is 366 g/mol. The molecule has 0 heterocycles. The molecule has 0 radical (unpaired) electrons. The molecule has 5 heteroatoms. The molecule has 1 fully saturated rings. The standard InChI is InChI=1S/C22H26N2O3/c1-15-18(20(25)23-2)7-6-8-19(15)24-21(26)22(13-4-5-14-22)16-9-11-17(27-3)12-10-16/h6-12H,4-5,13-14H2,1-3H3,(H,23,25)(H,24,26). The number of nitrogens with one attached hydrogen (secondary N) is 2. The van der Waals surface area contributed by atoms with Crippen LogP contribution in [0.1, 0.15) is 47.2 Å². The molecule has 0 spiro atoms. The second kappa shape index (κ2) is 7.82. The molecule has 0 aromatic heterocycles. The lowest BCUT2D eigenvalue weighted by atomic mass is 9.78. The van der Waals surface area contributed by atoms with Gasteiger partial charge in [-0.2, -0.15) is 0 Å². The zero-order valence-corrected chi connectivity index (χ0v) is 16.1. The van der Waals surface area contributed by atoms with E-state index in [0.717, 1.165) is 42.6 Å². The van der Waals surface area contributed by atoms with Crippen LogP contribution in [0.3, 0.4) is 0 Å². The Labute approximate surface area is 160 Å². The number of rotatable bonds is 5. The Kier molecular flexibility index (Phi) is 5.49. The van der Waals surface area contributed by atoms with Gasteiger partial charge in [-0.15, -0.1) is 0 Å². The summed E-state index contributed by atoms with van der Waals surface area (Å²) in [6, 6.07) is 13.2. The third-order valence-electron chi connectivity index (χ3n) is 5.59. The molecule has 2 aromatic rings. The van der Waals surface area contributed by atoms with Crippen LogP contribution in [0.15, 0.2) is 42.5 Å². The quantitative estimate of drug-likeness (QED) is 0.845. The van der Waals surface area contributed by atoms with Gasteiger partial charge in [-0.3, -0.25) is 9.59 Å². The van der Waals surface area contributed by atoms with E-state index >= 15 is 0 Å². The maximum absolute atomic E-state index is 13.4. The molecule has 0 bridgehead atoms. The van der Waals surface area contributed by atoms with Crippen molar-refractivity contribution in [1.82, 2.24) is 5.32 Å². The molecule has 5 nitrogen and oxygen atoms in total. The Morgan fingerprint density at radius 2 is 1.70 bits per heavy atom. The van der Waals surface area contributed by atoms with Crippen molar-refractivity contribution in [3.63, 3.8) is 0 Å². The molecule has 0 atom stereocenters. The zero-order chi connectivity index (χ0) is 19.4. The van der Waals surface area contributed by atoms with Gasteiger partial charge in [0, 0.05) is 18.3 Å². The molecule has 1 aliphatic carbocycles. The highest BCUT2D eigenvalue weighted by Gasteiger charge is 2.42. The first-order valence-electron chi connectivity index (χ1n) is 9.29. The third-order valence-corrected chi connectivity index (χ3v) is 5.59. The van der Waals surface area contributed by atoms with Crippen LogP contribution in [0.4, 0.5) is 5.69 Å². The van der Waals surface area contributed by atoms with Gasteiger partial charge in [0.25, 0.3) is 5.91 Å². The number of methoxy groups -OCH3 is 1. The summed E-state index contributed by atoms with van der Waals surface area (Å²) < 4.78 is 5.24. The molecule has 2 amide bonds. The second-order valence-electron chi connectivity index (χ2n) is 7.03. The third kappa shape index (κ3) is 3.54. The van der Waals surface area contributed by atoms with Crippen LogP contribution < -0.4 is 15.4 Å². The minimum absolute atomic E-state index is 0.0117. The molecular weight excluding hydrogens is 340 g/mol. The highest BCUT2D eigenvalue weighted by molar-refractivity contribution is 6.02. The van der Waals surface area contributed by atoms with Gasteiger partial charge in [0.2, 0.25) is 5.91 Å². The van der Waals surface area contributed by atoms with E-state index in [1.54, 1.807) is 26.3 Å². The Bertz CT molecular complexity index is 837. The summed E-state index contributed by atoms with van der Waals surface area (Å²) in [5.41, 5.74) is 2.49. The summed E-state index contributed by atoms with van der Waals surface area (Å²) in [7, 11) is 3.24. The van der Waals surface area contributed by atoms with E-state index in [1.807, 2.05) is 37.3 Å². The van der Waals surface area contributed by atoms with Crippen molar-refractivity contribution in [1.29, 1.82) is 0 Å². The summed E-state index contributed by atoms with van der Waals surface area (Å²) in [6.45, 7) is 1.86. The van der Waals surface area contributed by atoms with Crippen LogP contribution in [-0.2, 0) is 10.2 Å². The average Bonchev–Trinajstić information content (AvgIpc) is 3.20. The van der Waals surface area contributed by atoms with Gasteiger partial charge in [0.15, 0.2) is 0 Å². The van der Waals surface area contributed by atoms with E-state index in [4.69, 9.17) is 4.74 Å². The van der Waals surface area contributed by atoms with Gasteiger partial charge in [0.1, 0.15) is 5.75 Å². The van der Waals surface area contributed by atoms with E-state index in [0.29, 0.717) is 11.3 Å². The molecular formula is C22H26N2O3. The number of carbonyl (C=O) groups excluding carboxylic acids is 2. The largest absolute Gasteiger partial charge is 0.497 e. The number of carbonyl (C=O) groups is 2. The van der Waals surface area contributed by atoms with Gasteiger partial charge in [-0.25, -0.2) is 0 Å². The second-order valence-corrected chi connectivity index (χ2v) is 7.03. The van der Waals surface area contributed by atoms with Gasteiger partial charge < -0.3 is 15.4 Å². The Morgan fingerprint density at radius 3 is 2.30 bits per heavy atom. The van der Waals surface area contributed by atoms with Crippen molar-refractivity contribution in [3.8, 4) is 5.75 Å². The van der Waals surface area contributed by atoms with Crippen molar-refractivity contribution in [2.75, 3.05) is 19.5 Å². The molecule has 27 heavy (non-hydrogen) atoms. The predicted octanol–water partition coefficient (Wildman–Crippen LogP) is 3.81. The molecule has 142 valence electrons. The highest BCUT2D eigenvalue weighted by atomic mass is 16.5. The molecule has 0 aliphatic heterocycles. The van der Waals surface area contributed by atoms with E-state index < -0.39 is 5.41 Å². The number of hydrogen-bond acceptors (Lipinski definition) is 3. The SMILES string of the molecule is CNC(=O)c1cccc(NC(=O)C2(c3ccc(OC)cc3)CCCC2)c1C. The van der Waals surface area contributed by atoms with Crippen molar-refractivity contribution in [2.45, 2.75) is 38.0 Å². The minimum Gasteiger partial charge on any atom is -0.497 e. The van der Waals surface area contributed by atoms with Gasteiger partial charge in [-0.05, 0) is 55.2 Å². The molecule has 1 saturated carbocycles. The van der Waals surface area contributed by atoms with Crippen LogP contribution in [0, 0.1) is 6.92 Å². The average molecular weight is 366 g/mol. The van der Waals surface area contributed by atoms with Crippen LogP contribution >= 0.6 is 0 Å². The Balaban J connectivity index is 1.92. The molecule has 0 unspecified atom stereocenters. The Hall–Kier alpha value is -2.82. The lowest BCUT2D eigenvalue weighted by Gasteiger charge is -2.29. The lowest BCUT2D eigenvalue weighted by Crippen LogP contribution is -2.38. The van der Waals surface area contributed by atoms with E-state index in [1.165, 1.54) is 0 Å². The first-order valence-corrected chi connectivity index (χ1v) is 9.29. The molecule has 2 N–H and O–H groups in total. The highest BCUT2D eigenvalue weighted by Crippen LogP contribution is 2.42. The van der Waals surface area contributed by atoms with Gasteiger partial charge >= 0.3 is 0 Å². The van der Waals surface area contributed by atoms with Gasteiger partial charge in [-0.1, -0.05) is 31.0 Å². The summed E-state index contributed by atoms with van der Waals surface area (Å²) >= 11 is 0. The lowest BCUT2D eigenvalue weighted by molar-refractivity contribution is -0.121. The molecule has 1 aliphatic rings. The van der Waals surface area contributed by atoms with Crippen molar-refractivity contribution < 1.29 is 14.3 Å². The van der Waals surface area contributed by atoms with Crippen LogP contribution in [-0.4, -0.2) is 26.0 Å². The first-order chi connectivity index (χ1) is 13.0. The fourth-order valence-corrected chi connectivity index (χ4v) is 3.93. The van der Waals surface area contributed by atoms with E-state index in [9.17, 15) is 9.59 Å². The zero-order valence-electron chi connectivity index (χ0n) is 16.1. The van der Waals surface area contributed by atoms with E-state index in [2.05, 4.69) is 10.6 Å². The maximum Gasteiger partial charge on any atom is 0.251 e. The number of anilines is 1. The summed E-state index contributed by atoms with van der Waals surface area (Å²) in [5, 5.41) is 5.73. The topological polar surface area (TPSA) is 67.4 Å². The smallest absolute Gasteiger partial charge is 0.251 e. The first kappa shape index (κ1) is 19.0. The Morgan fingerprint density at radius 1 is 1.04 bits per heavy atom. The van der Waals surface area contributed by atoms with Crippen LogP contribution in [0.5, 0.6) is 5.75 Å². The fourth-order valence-electron chi connectivity index (χ4n) is 3.93. The fraction of sp³-hybridized carbons (Fsp3) is 0.364. The number of ether oxygens (including phenoxy) is 1. The summed E-state index contributed by atoms with van der Waals surface area (Å²) in [5.74, 6) is 0.609. The normalized spacial score (nSPS) is 15.2. The minimum atomic E-state index is -0.540. The van der Waals surface area contributed by atoms with Crippen molar-refractivity contribution >= 4 is 17.5 Å². The van der Waals surface area contributed by atoms with E-state index in [-0.39, 0.29) is 11.8 Å². The maximum atomic E-state index is 13.4. The number of benzene rings is 2. The van der Waals surface area contributed by atoms with Gasteiger partial charge in [0.05, 0.1) is 12.5 Å². The van der Waals surface area contributed by atoms with Crippen molar-refractivity contribution in [2.24, 2.45) is 0 Å². The summed E-state index contributed by atoms with van der Waals surface area (Å²) in [4.78, 5) is 25.4. The van der Waals surface area contributed by atoms with Crippen molar-refractivity contribution in [3.05, 3.63) is 59.2 Å². The number of amides is 2. The van der Waals surface area contributed by atoms with Crippen LogP contribution in [0.2, 0.25) is 0 Å². The van der Waals surface area contributed by atoms with Crippen LogP contribution in [0.25, 0.3) is 0 Å². The summed E-state index contributed by atoms with van der Waals surface area (Å²) in [6.07, 6.45) is 3.69. The molecule has 2 aromatic carbocycles.